The van der Waals surface area contributed by atoms with Crippen LogP contribution in [0.15, 0.2) is 35.5 Å². The maximum absolute atomic E-state index is 14.4. The molecule has 1 saturated heterocycles. The molecule has 2 aromatic heterocycles. The summed E-state index contributed by atoms with van der Waals surface area (Å²) in [6, 6.07) is 1.94. The third-order valence-electron chi connectivity index (χ3n) is 4.89. The van der Waals surface area contributed by atoms with Gasteiger partial charge >= 0.3 is 0 Å². The molecule has 0 aliphatic carbocycles. The Bertz CT molecular complexity index is 959. The van der Waals surface area contributed by atoms with Gasteiger partial charge in [0.25, 0.3) is 0 Å². The Morgan fingerprint density at radius 3 is 2.79 bits per heavy atom. The van der Waals surface area contributed by atoms with Crippen LogP contribution in [0.1, 0.15) is 35.4 Å². The summed E-state index contributed by atoms with van der Waals surface area (Å²) in [5.74, 6) is 0.227. The van der Waals surface area contributed by atoms with E-state index in [4.69, 9.17) is 0 Å². The number of halogens is 1. The van der Waals surface area contributed by atoms with Gasteiger partial charge in [-0.15, -0.1) is 11.3 Å². The van der Waals surface area contributed by atoms with Crippen LogP contribution in [0.5, 0.6) is 0 Å². The Morgan fingerprint density at radius 2 is 2.04 bits per heavy atom. The van der Waals surface area contributed by atoms with Crippen LogP contribution in [-0.4, -0.2) is 39.8 Å². The first-order valence-corrected chi connectivity index (χ1v) is 10.0. The van der Waals surface area contributed by atoms with E-state index in [2.05, 4.69) is 15.3 Å². The molecule has 0 bridgehead atoms. The van der Waals surface area contributed by atoms with E-state index in [-0.39, 0.29) is 17.6 Å². The first-order valence-electron chi connectivity index (χ1n) is 9.13. The van der Waals surface area contributed by atoms with Crippen molar-refractivity contribution >= 4 is 40.9 Å². The van der Waals surface area contributed by atoms with Gasteiger partial charge < -0.3 is 10.2 Å². The molecule has 2 amide bonds. The van der Waals surface area contributed by atoms with Gasteiger partial charge in [-0.05, 0) is 48.1 Å². The van der Waals surface area contributed by atoms with Crippen molar-refractivity contribution in [3.63, 3.8) is 0 Å². The summed E-state index contributed by atoms with van der Waals surface area (Å²) in [4.78, 5) is 33.8. The Kier molecular flexibility index (Phi) is 5.29. The molecule has 1 fully saturated rings. The average molecular weight is 398 g/mol. The maximum atomic E-state index is 14.4. The number of nitrogens with zero attached hydrogens (tertiary/aromatic N) is 3. The number of amides is 2. The molecule has 2 aliphatic heterocycles. The summed E-state index contributed by atoms with van der Waals surface area (Å²) in [5, 5.41) is 4.90. The zero-order valence-corrected chi connectivity index (χ0v) is 16.0. The van der Waals surface area contributed by atoms with Crippen LogP contribution in [0.25, 0.3) is 11.9 Å². The van der Waals surface area contributed by atoms with Crippen molar-refractivity contribution in [3.05, 3.63) is 51.6 Å². The number of fused-ring (bicyclic) bond motifs is 1. The number of aromatic nitrogens is 2. The van der Waals surface area contributed by atoms with Gasteiger partial charge in [0.05, 0.1) is 0 Å². The summed E-state index contributed by atoms with van der Waals surface area (Å²) in [6.45, 7) is 0.984. The molecule has 0 spiro atoms. The highest BCUT2D eigenvalue weighted by Gasteiger charge is 2.21. The number of rotatable bonds is 3. The number of carbonyl (C=O) groups is 2. The van der Waals surface area contributed by atoms with Crippen molar-refractivity contribution in [2.24, 2.45) is 0 Å². The third kappa shape index (κ3) is 4.01. The number of pyridine rings is 1. The van der Waals surface area contributed by atoms with Gasteiger partial charge in [-0.2, -0.15) is 0 Å². The SMILES string of the molecule is O=C1CCc2cc(C=CC(=O)N3CCC(=C(F)c4nccs4)CC3)cnc2N1. The third-order valence-corrected chi connectivity index (χ3v) is 5.66. The highest BCUT2D eigenvalue weighted by molar-refractivity contribution is 7.10. The van der Waals surface area contributed by atoms with Crippen LogP contribution in [0, 0.1) is 0 Å². The van der Waals surface area contributed by atoms with Gasteiger partial charge in [0.15, 0.2) is 10.8 Å². The lowest BCUT2D eigenvalue weighted by atomic mass is 10.0. The highest BCUT2D eigenvalue weighted by Crippen LogP contribution is 2.29. The van der Waals surface area contributed by atoms with Crippen LogP contribution in [0.4, 0.5) is 10.2 Å². The van der Waals surface area contributed by atoms with E-state index in [0.29, 0.717) is 49.6 Å². The molecule has 144 valence electrons. The first kappa shape index (κ1) is 18.5. The van der Waals surface area contributed by atoms with Gasteiger partial charge in [-0.3, -0.25) is 9.59 Å². The predicted octanol–water partition coefficient (Wildman–Crippen LogP) is 3.44. The van der Waals surface area contributed by atoms with Crippen LogP contribution >= 0.6 is 11.3 Å². The molecule has 0 aromatic carbocycles. The molecule has 4 heterocycles. The molecule has 0 saturated carbocycles. The molecule has 4 rings (SSSR count). The predicted molar refractivity (Wildman–Crippen MR) is 106 cm³/mol. The Labute approximate surface area is 165 Å². The lowest BCUT2D eigenvalue weighted by Gasteiger charge is -2.27. The Morgan fingerprint density at radius 1 is 1.21 bits per heavy atom. The Hall–Kier alpha value is -2.87. The second-order valence-corrected chi connectivity index (χ2v) is 7.63. The monoisotopic (exact) mass is 398 g/mol. The molecular formula is C20H19FN4O2S. The number of aryl methyl sites for hydroxylation is 1. The van der Waals surface area contributed by atoms with Crippen molar-refractivity contribution in [2.45, 2.75) is 25.7 Å². The van der Waals surface area contributed by atoms with Gasteiger partial charge in [-0.25, -0.2) is 14.4 Å². The smallest absolute Gasteiger partial charge is 0.246 e. The van der Waals surface area contributed by atoms with Gasteiger partial charge in [0.1, 0.15) is 5.82 Å². The number of likely N-dealkylation sites (tertiary alicyclic amines) is 1. The minimum Gasteiger partial charge on any atom is -0.339 e. The number of anilines is 1. The molecule has 0 atom stereocenters. The summed E-state index contributed by atoms with van der Waals surface area (Å²) >= 11 is 1.28. The lowest BCUT2D eigenvalue weighted by molar-refractivity contribution is -0.126. The maximum Gasteiger partial charge on any atom is 0.246 e. The van der Waals surface area contributed by atoms with Crippen LogP contribution < -0.4 is 5.32 Å². The Balaban J connectivity index is 1.37. The molecule has 2 aromatic rings. The van der Waals surface area contributed by atoms with E-state index < -0.39 is 0 Å². The van der Waals surface area contributed by atoms with Gasteiger partial charge in [0.2, 0.25) is 11.8 Å². The molecule has 28 heavy (non-hydrogen) atoms. The van der Waals surface area contributed by atoms with Crippen molar-refractivity contribution in [3.8, 4) is 0 Å². The lowest BCUT2D eigenvalue weighted by Crippen LogP contribution is -2.35. The van der Waals surface area contributed by atoms with Gasteiger partial charge in [0, 0.05) is 43.4 Å². The second kappa shape index (κ2) is 8.02. The minimum absolute atomic E-state index is 0.0247. The largest absolute Gasteiger partial charge is 0.339 e. The first-order chi connectivity index (χ1) is 13.6. The van der Waals surface area contributed by atoms with E-state index in [9.17, 15) is 14.0 Å². The molecule has 8 heteroatoms. The topological polar surface area (TPSA) is 75.2 Å². The second-order valence-electron chi connectivity index (χ2n) is 6.74. The standard InChI is InChI=1S/C20H19FN4O2S/c21-18(20-22-7-10-28-20)14-5-8-25(9-6-14)17(27)4-1-13-11-15-2-3-16(26)24-19(15)23-12-13/h1,4,7,10-12H,2-3,5-6,8-9H2,(H,23,24,26). The summed E-state index contributed by atoms with van der Waals surface area (Å²) in [7, 11) is 0. The fourth-order valence-electron chi connectivity index (χ4n) is 3.34. The fraction of sp³-hybridized carbons (Fsp3) is 0.300. The van der Waals surface area contributed by atoms with E-state index in [1.165, 1.54) is 17.4 Å². The van der Waals surface area contributed by atoms with Crippen molar-refractivity contribution in [2.75, 3.05) is 18.4 Å². The average Bonchev–Trinajstić information content (AvgIpc) is 3.26. The quantitative estimate of drug-likeness (QED) is 0.804. The number of hydrogen-bond donors (Lipinski definition) is 1. The summed E-state index contributed by atoms with van der Waals surface area (Å²) in [5.41, 5.74) is 2.51. The molecule has 1 N–H and O–H groups in total. The van der Waals surface area contributed by atoms with E-state index in [1.54, 1.807) is 28.7 Å². The molecule has 2 aliphatic rings. The van der Waals surface area contributed by atoms with Gasteiger partial charge in [-0.1, -0.05) is 0 Å². The van der Waals surface area contributed by atoms with E-state index in [1.807, 2.05) is 6.07 Å². The molecule has 0 radical (unpaired) electrons. The molecule has 0 unspecified atom stereocenters. The van der Waals surface area contributed by atoms with Crippen molar-refractivity contribution in [1.29, 1.82) is 0 Å². The van der Waals surface area contributed by atoms with Crippen LogP contribution in [0.2, 0.25) is 0 Å². The number of piperidine rings is 1. The van der Waals surface area contributed by atoms with E-state index >= 15 is 0 Å². The molecular weight excluding hydrogens is 379 g/mol. The van der Waals surface area contributed by atoms with Crippen LogP contribution in [0.3, 0.4) is 0 Å². The highest BCUT2D eigenvalue weighted by atomic mass is 32.1. The number of nitrogens with one attached hydrogen (secondary N) is 1. The number of thiazole rings is 1. The number of hydrogen-bond acceptors (Lipinski definition) is 5. The zero-order chi connectivity index (χ0) is 19.5. The van der Waals surface area contributed by atoms with Crippen molar-refractivity contribution < 1.29 is 14.0 Å². The van der Waals surface area contributed by atoms with E-state index in [0.717, 1.165) is 16.7 Å². The zero-order valence-electron chi connectivity index (χ0n) is 15.2. The number of carbonyl (C=O) groups excluding carboxylic acids is 2. The van der Waals surface area contributed by atoms with Crippen LogP contribution in [-0.2, 0) is 16.0 Å². The normalized spacial score (nSPS) is 16.8. The molecule has 6 nitrogen and oxygen atoms in total. The minimum atomic E-state index is -0.245. The summed E-state index contributed by atoms with van der Waals surface area (Å²) in [6.07, 6.45) is 8.61. The fourth-order valence-corrected chi connectivity index (χ4v) is 3.96. The summed E-state index contributed by atoms with van der Waals surface area (Å²) < 4.78 is 14.4. The van der Waals surface area contributed by atoms with Crippen molar-refractivity contribution in [1.82, 2.24) is 14.9 Å².